The minimum Gasteiger partial charge on any atom is -0.465 e. The standard InChI is InChI=1S/C9H17NO4/c1-6(10-9(12)13)8(11)7-3-2-4-14-5-7/h6-8,10-11H,2-5H2,1H3,(H,12,13)/t6?,7-,8+/m1/s1. The summed E-state index contributed by atoms with van der Waals surface area (Å²) in [7, 11) is 0. The van der Waals surface area contributed by atoms with Gasteiger partial charge >= 0.3 is 6.09 Å². The van der Waals surface area contributed by atoms with Crippen molar-refractivity contribution in [3.05, 3.63) is 0 Å². The van der Waals surface area contributed by atoms with E-state index in [0.29, 0.717) is 6.61 Å². The van der Waals surface area contributed by atoms with E-state index in [1.54, 1.807) is 6.92 Å². The van der Waals surface area contributed by atoms with Gasteiger partial charge in [0.15, 0.2) is 0 Å². The molecule has 5 nitrogen and oxygen atoms in total. The Balaban J connectivity index is 2.37. The van der Waals surface area contributed by atoms with E-state index in [-0.39, 0.29) is 5.92 Å². The molecule has 3 N–H and O–H groups in total. The number of amides is 1. The lowest BCUT2D eigenvalue weighted by Gasteiger charge is -2.30. The van der Waals surface area contributed by atoms with Crippen LogP contribution in [0.25, 0.3) is 0 Å². The number of rotatable bonds is 3. The first-order chi connectivity index (χ1) is 6.61. The summed E-state index contributed by atoms with van der Waals surface area (Å²) in [6, 6.07) is -0.445. The molecular formula is C9H17NO4. The van der Waals surface area contributed by atoms with Crippen molar-refractivity contribution in [1.29, 1.82) is 0 Å². The molecule has 0 aromatic carbocycles. The van der Waals surface area contributed by atoms with Gasteiger partial charge in [-0.05, 0) is 19.8 Å². The molecule has 1 heterocycles. The second-order valence-corrected chi connectivity index (χ2v) is 3.71. The lowest BCUT2D eigenvalue weighted by molar-refractivity contribution is -0.0204. The molecule has 0 aliphatic carbocycles. The normalized spacial score (nSPS) is 26.6. The third kappa shape index (κ3) is 3.16. The van der Waals surface area contributed by atoms with Crippen LogP contribution in [0.15, 0.2) is 0 Å². The maximum absolute atomic E-state index is 10.3. The highest BCUT2D eigenvalue weighted by molar-refractivity contribution is 5.64. The van der Waals surface area contributed by atoms with Gasteiger partial charge in [-0.1, -0.05) is 0 Å². The molecule has 0 saturated carbocycles. The first-order valence-electron chi connectivity index (χ1n) is 4.86. The number of carboxylic acid groups (broad SMARTS) is 1. The summed E-state index contributed by atoms with van der Waals surface area (Å²) in [6.45, 7) is 2.92. The molecule has 1 aliphatic heterocycles. The SMILES string of the molecule is CC(NC(=O)O)[C@H](O)[C@@H]1CCCOC1. The van der Waals surface area contributed by atoms with Crippen molar-refractivity contribution in [2.75, 3.05) is 13.2 Å². The summed E-state index contributed by atoms with van der Waals surface area (Å²) in [5.41, 5.74) is 0. The molecule has 0 bridgehead atoms. The molecule has 1 unspecified atom stereocenters. The Hall–Kier alpha value is -0.810. The van der Waals surface area contributed by atoms with Gasteiger partial charge in [0.2, 0.25) is 0 Å². The van der Waals surface area contributed by atoms with E-state index in [2.05, 4.69) is 5.32 Å². The average molecular weight is 203 g/mol. The maximum atomic E-state index is 10.3. The van der Waals surface area contributed by atoms with Crippen molar-refractivity contribution >= 4 is 6.09 Å². The quantitative estimate of drug-likeness (QED) is 0.621. The molecule has 1 fully saturated rings. The summed E-state index contributed by atoms with van der Waals surface area (Å²) in [6.07, 6.45) is 0.0635. The Morgan fingerprint density at radius 1 is 1.64 bits per heavy atom. The fourth-order valence-electron chi connectivity index (χ4n) is 1.72. The van der Waals surface area contributed by atoms with Crippen LogP contribution in [0.5, 0.6) is 0 Å². The number of aliphatic hydroxyl groups excluding tert-OH is 1. The van der Waals surface area contributed by atoms with E-state index < -0.39 is 18.2 Å². The van der Waals surface area contributed by atoms with Crippen molar-refractivity contribution in [3.63, 3.8) is 0 Å². The molecule has 0 radical (unpaired) electrons. The summed E-state index contributed by atoms with van der Waals surface area (Å²) >= 11 is 0. The van der Waals surface area contributed by atoms with Gasteiger partial charge in [0.1, 0.15) is 0 Å². The summed E-state index contributed by atoms with van der Waals surface area (Å²) < 4.78 is 5.22. The lowest BCUT2D eigenvalue weighted by atomic mass is 9.92. The van der Waals surface area contributed by atoms with Crippen molar-refractivity contribution in [2.24, 2.45) is 5.92 Å². The van der Waals surface area contributed by atoms with E-state index in [4.69, 9.17) is 9.84 Å². The Labute approximate surface area is 83.1 Å². The fraction of sp³-hybridized carbons (Fsp3) is 0.889. The van der Waals surface area contributed by atoms with E-state index in [9.17, 15) is 9.90 Å². The summed E-state index contributed by atoms with van der Waals surface area (Å²) in [5, 5.41) is 20.5. The third-order valence-electron chi connectivity index (χ3n) is 2.54. The zero-order valence-corrected chi connectivity index (χ0v) is 8.27. The molecule has 0 aromatic heterocycles. The molecule has 1 saturated heterocycles. The van der Waals surface area contributed by atoms with Crippen LogP contribution in [-0.2, 0) is 4.74 Å². The topological polar surface area (TPSA) is 78.8 Å². The fourth-order valence-corrected chi connectivity index (χ4v) is 1.72. The van der Waals surface area contributed by atoms with Crippen LogP contribution in [0.1, 0.15) is 19.8 Å². The van der Waals surface area contributed by atoms with Gasteiger partial charge in [0, 0.05) is 12.5 Å². The van der Waals surface area contributed by atoms with Gasteiger partial charge in [0.05, 0.1) is 18.8 Å². The molecule has 0 spiro atoms. The van der Waals surface area contributed by atoms with Crippen LogP contribution in [-0.4, -0.2) is 41.7 Å². The highest BCUT2D eigenvalue weighted by Gasteiger charge is 2.27. The number of ether oxygens (including phenoxy) is 1. The monoisotopic (exact) mass is 203 g/mol. The molecule has 82 valence electrons. The van der Waals surface area contributed by atoms with E-state index in [1.807, 2.05) is 0 Å². The number of aliphatic hydroxyl groups is 1. The zero-order valence-electron chi connectivity index (χ0n) is 8.27. The molecule has 0 aromatic rings. The molecule has 1 aliphatic rings. The Morgan fingerprint density at radius 3 is 2.86 bits per heavy atom. The first kappa shape index (κ1) is 11.3. The minimum absolute atomic E-state index is 0.0469. The second-order valence-electron chi connectivity index (χ2n) is 3.71. The number of carbonyl (C=O) groups is 1. The average Bonchev–Trinajstić information content (AvgIpc) is 2.17. The highest BCUT2D eigenvalue weighted by Crippen LogP contribution is 2.19. The van der Waals surface area contributed by atoms with Gasteiger partial charge in [0.25, 0.3) is 0 Å². The van der Waals surface area contributed by atoms with Crippen molar-refractivity contribution in [1.82, 2.24) is 5.32 Å². The lowest BCUT2D eigenvalue weighted by Crippen LogP contribution is -2.46. The zero-order chi connectivity index (χ0) is 10.6. The molecule has 5 heteroatoms. The third-order valence-corrected chi connectivity index (χ3v) is 2.54. The van der Waals surface area contributed by atoms with E-state index in [0.717, 1.165) is 19.4 Å². The van der Waals surface area contributed by atoms with E-state index in [1.165, 1.54) is 0 Å². The van der Waals surface area contributed by atoms with E-state index >= 15 is 0 Å². The molecular weight excluding hydrogens is 186 g/mol. The minimum atomic E-state index is -1.10. The summed E-state index contributed by atoms with van der Waals surface area (Å²) in [5.74, 6) is 0.0469. The molecule has 1 rings (SSSR count). The van der Waals surface area contributed by atoms with Gasteiger partial charge in [-0.2, -0.15) is 0 Å². The highest BCUT2D eigenvalue weighted by atomic mass is 16.5. The van der Waals surface area contributed by atoms with Crippen LogP contribution < -0.4 is 5.32 Å². The second kappa shape index (κ2) is 5.17. The molecule has 3 atom stereocenters. The van der Waals surface area contributed by atoms with Crippen LogP contribution in [0.3, 0.4) is 0 Å². The number of nitrogens with one attached hydrogen (secondary N) is 1. The Morgan fingerprint density at radius 2 is 2.36 bits per heavy atom. The Bertz CT molecular complexity index is 191. The van der Waals surface area contributed by atoms with Crippen LogP contribution in [0, 0.1) is 5.92 Å². The van der Waals surface area contributed by atoms with Crippen LogP contribution in [0.4, 0.5) is 4.79 Å². The predicted octanol–water partition coefficient (Wildman–Crippen LogP) is 0.430. The van der Waals surface area contributed by atoms with Crippen LogP contribution in [0.2, 0.25) is 0 Å². The van der Waals surface area contributed by atoms with Gasteiger partial charge in [-0.3, -0.25) is 0 Å². The number of hydrogen-bond donors (Lipinski definition) is 3. The summed E-state index contributed by atoms with van der Waals surface area (Å²) in [4.78, 5) is 10.3. The van der Waals surface area contributed by atoms with Crippen molar-refractivity contribution in [2.45, 2.75) is 31.9 Å². The predicted molar refractivity (Wildman–Crippen MR) is 50.2 cm³/mol. The molecule has 14 heavy (non-hydrogen) atoms. The Kier molecular flexibility index (Phi) is 4.16. The largest absolute Gasteiger partial charge is 0.465 e. The van der Waals surface area contributed by atoms with Crippen molar-refractivity contribution in [3.8, 4) is 0 Å². The van der Waals surface area contributed by atoms with Crippen molar-refractivity contribution < 1.29 is 19.7 Å². The molecule has 1 amide bonds. The van der Waals surface area contributed by atoms with Crippen LogP contribution >= 0.6 is 0 Å². The maximum Gasteiger partial charge on any atom is 0.404 e. The van der Waals surface area contributed by atoms with Gasteiger partial charge < -0.3 is 20.3 Å². The van der Waals surface area contributed by atoms with Gasteiger partial charge in [-0.15, -0.1) is 0 Å². The van der Waals surface area contributed by atoms with Gasteiger partial charge in [-0.25, -0.2) is 4.79 Å². The smallest absolute Gasteiger partial charge is 0.404 e. The first-order valence-corrected chi connectivity index (χ1v) is 4.86. The number of hydrogen-bond acceptors (Lipinski definition) is 3.